The molecule has 2 aromatic rings. The van der Waals surface area contributed by atoms with Gasteiger partial charge in [-0.2, -0.15) is 4.68 Å². The second kappa shape index (κ2) is 9.36. The highest BCUT2D eigenvalue weighted by atomic mass is 16.5. The standard InChI is InChI=1S/C16H21N5O4/c1-3-24-13-7-5-12(6-8-13)21-14(18-19-20-21)11-17-15(22)9-10-16(23)25-4-2/h5-8H,3-4,9-11H2,1-2H3,(H,17,22). The van der Waals surface area contributed by atoms with Crippen LogP contribution in [0.2, 0.25) is 0 Å². The van der Waals surface area contributed by atoms with Gasteiger partial charge < -0.3 is 14.8 Å². The summed E-state index contributed by atoms with van der Waals surface area (Å²) in [5.74, 6) is 0.577. The van der Waals surface area contributed by atoms with Gasteiger partial charge >= 0.3 is 5.97 Å². The van der Waals surface area contributed by atoms with Crippen LogP contribution in [0.5, 0.6) is 5.75 Å². The van der Waals surface area contributed by atoms with Crippen LogP contribution in [-0.2, 0) is 20.9 Å². The van der Waals surface area contributed by atoms with Crippen molar-refractivity contribution in [1.29, 1.82) is 0 Å². The van der Waals surface area contributed by atoms with Crippen LogP contribution in [0, 0.1) is 0 Å². The number of hydrogen-bond acceptors (Lipinski definition) is 7. The third kappa shape index (κ3) is 5.55. The highest BCUT2D eigenvalue weighted by Crippen LogP contribution is 2.15. The molecule has 0 aliphatic carbocycles. The van der Waals surface area contributed by atoms with E-state index in [0.717, 1.165) is 11.4 Å². The third-order valence-corrected chi connectivity index (χ3v) is 3.23. The number of carbonyl (C=O) groups excluding carboxylic acids is 2. The molecule has 0 bridgehead atoms. The smallest absolute Gasteiger partial charge is 0.306 e. The molecular weight excluding hydrogens is 326 g/mol. The van der Waals surface area contributed by atoms with Gasteiger partial charge in [0.2, 0.25) is 5.91 Å². The third-order valence-electron chi connectivity index (χ3n) is 3.23. The van der Waals surface area contributed by atoms with Crippen LogP contribution in [-0.4, -0.2) is 45.3 Å². The molecule has 1 amide bonds. The van der Waals surface area contributed by atoms with E-state index < -0.39 is 5.97 Å². The van der Waals surface area contributed by atoms with Crippen LogP contribution >= 0.6 is 0 Å². The zero-order valence-electron chi connectivity index (χ0n) is 14.3. The van der Waals surface area contributed by atoms with Gasteiger partial charge in [0.05, 0.1) is 31.9 Å². The Balaban J connectivity index is 1.90. The number of carbonyl (C=O) groups is 2. The van der Waals surface area contributed by atoms with Gasteiger partial charge in [0.15, 0.2) is 5.82 Å². The monoisotopic (exact) mass is 347 g/mol. The van der Waals surface area contributed by atoms with Crippen molar-refractivity contribution in [2.45, 2.75) is 33.2 Å². The number of nitrogens with zero attached hydrogens (tertiary/aromatic N) is 4. The van der Waals surface area contributed by atoms with E-state index >= 15 is 0 Å². The molecule has 0 saturated heterocycles. The number of benzene rings is 1. The Kier molecular flexibility index (Phi) is 6.87. The molecule has 0 aliphatic heterocycles. The fraction of sp³-hybridized carbons (Fsp3) is 0.438. The van der Waals surface area contributed by atoms with Gasteiger partial charge in [-0.3, -0.25) is 9.59 Å². The molecule has 1 heterocycles. The first-order valence-electron chi connectivity index (χ1n) is 8.06. The SMILES string of the molecule is CCOC(=O)CCC(=O)NCc1nnnn1-c1ccc(OCC)cc1. The maximum atomic E-state index is 11.8. The zero-order valence-corrected chi connectivity index (χ0v) is 14.3. The summed E-state index contributed by atoms with van der Waals surface area (Å²) in [6, 6.07) is 7.30. The summed E-state index contributed by atoms with van der Waals surface area (Å²) >= 11 is 0. The molecule has 2 rings (SSSR count). The molecule has 0 aliphatic rings. The minimum Gasteiger partial charge on any atom is -0.494 e. The Labute approximate surface area is 145 Å². The maximum Gasteiger partial charge on any atom is 0.306 e. The van der Waals surface area contributed by atoms with Crippen molar-refractivity contribution >= 4 is 11.9 Å². The van der Waals surface area contributed by atoms with Crippen molar-refractivity contribution in [2.24, 2.45) is 0 Å². The summed E-state index contributed by atoms with van der Waals surface area (Å²) in [5.41, 5.74) is 0.754. The highest BCUT2D eigenvalue weighted by Gasteiger charge is 2.11. The lowest BCUT2D eigenvalue weighted by molar-refractivity contribution is -0.144. The van der Waals surface area contributed by atoms with E-state index in [0.29, 0.717) is 19.0 Å². The van der Waals surface area contributed by atoms with Crippen LogP contribution in [0.15, 0.2) is 24.3 Å². The van der Waals surface area contributed by atoms with Crippen LogP contribution < -0.4 is 10.1 Å². The van der Waals surface area contributed by atoms with E-state index in [1.54, 1.807) is 6.92 Å². The van der Waals surface area contributed by atoms with E-state index in [4.69, 9.17) is 9.47 Å². The second-order valence-corrected chi connectivity index (χ2v) is 5.02. The molecule has 0 unspecified atom stereocenters. The van der Waals surface area contributed by atoms with E-state index in [2.05, 4.69) is 20.8 Å². The molecule has 0 radical (unpaired) electrons. The maximum absolute atomic E-state index is 11.8. The summed E-state index contributed by atoms with van der Waals surface area (Å²) in [7, 11) is 0. The first kappa shape index (κ1) is 18.4. The van der Waals surface area contributed by atoms with E-state index in [9.17, 15) is 9.59 Å². The Hall–Kier alpha value is -2.97. The molecule has 134 valence electrons. The minimum absolute atomic E-state index is 0.0451. The number of esters is 1. The molecule has 0 spiro atoms. The average molecular weight is 347 g/mol. The number of aromatic nitrogens is 4. The largest absolute Gasteiger partial charge is 0.494 e. The molecule has 0 fully saturated rings. The average Bonchev–Trinajstić information content (AvgIpc) is 3.08. The van der Waals surface area contributed by atoms with Crippen molar-refractivity contribution in [3.63, 3.8) is 0 Å². The molecule has 1 N–H and O–H groups in total. The summed E-state index contributed by atoms with van der Waals surface area (Å²) < 4.78 is 11.7. The second-order valence-electron chi connectivity index (χ2n) is 5.02. The number of amides is 1. The van der Waals surface area contributed by atoms with Crippen LogP contribution in [0.25, 0.3) is 5.69 Å². The van der Waals surface area contributed by atoms with E-state index in [1.807, 2.05) is 31.2 Å². The quantitative estimate of drug-likeness (QED) is 0.675. The fourth-order valence-electron chi connectivity index (χ4n) is 2.08. The Morgan fingerprint density at radius 2 is 1.88 bits per heavy atom. The normalized spacial score (nSPS) is 10.3. The van der Waals surface area contributed by atoms with Gasteiger partial charge in [-0.15, -0.1) is 5.10 Å². The number of tetrazole rings is 1. The first-order valence-corrected chi connectivity index (χ1v) is 8.06. The lowest BCUT2D eigenvalue weighted by atomic mass is 10.3. The molecule has 0 atom stereocenters. The number of nitrogens with one attached hydrogen (secondary N) is 1. The summed E-state index contributed by atoms with van der Waals surface area (Å²) in [6.07, 6.45) is 0.104. The minimum atomic E-state index is -0.392. The highest BCUT2D eigenvalue weighted by molar-refractivity contribution is 5.81. The van der Waals surface area contributed by atoms with Crippen LogP contribution in [0.3, 0.4) is 0 Å². The molecular formula is C16H21N5O4. The number of ether oxygens (including phenoxy) is 2. The lowest BCUT2D eigenvalue weighted by Gasteiger charge is -2.08. The van der Waals surface area contributed by atoms with Crippen LogP contribution in [0.4, 0.5) is 0 Å². The molecule has 1 aromatic heterocycles. The fourth-order valence-corrected chi connectivity index (χ4v) is 2.08. The molecule has 25 heavy (non-hydrogen) atoms. The zero-order chi connectivity index (χ0) is 18.1. The summed E-state index contributed by atoms with van der Waals surface area (Å²) in [4.78, 5) is 23.0. The van der Waals surface area contributed by atoms with Gasteiger partial charge in [0.25, 0.3) is 0 Å². The first-order chi connectivity index (χ1) is 12.1. The summed E-state index contributed by atoms with van der Waals surface area (Å²) in [6.45, 7) is 4.68. The molecule has 9 nitrogen and oxygen atoms in total. The molecule has 1 aromatic carbocycles. The number of hydrogen-bond donors (Lipinski definition) is 1. The van der Waals surface area contributed by atoms with Gasteiger partial charge in [-0.05, 0) is 48.5 Å². The van der Waals surface area contributed by atoms with Crippen LogP contribution in [0.1, 0.15) is 32.5 Å². The predicted octanol–water partition coefficient (Wildman–Crippen LogP) is 1.02. The van der Waals surface area contributed by atoms with Crippen molar-refractivity contribution in [3.05, 3.63) is 30.1 Å². The van der Waals surface area contributed by atoms with Gasteiger partial charge in [0.1, 0.15) is 5.75 Å². The van der Waals surface area contributed by atoms with Crippen molar-refractivity contribution in [1.82, 2.24) is 25.5 Å². The van der Waals surface area contributed by atoms with Crippen molar-refractivity contribution < 1.29 is 19.1 Å². The Bertz CT molecular complexity index is 699. The van der Waals surface area contributed by atoms with Crippen molar-refractivity contribution in [2.75, 3.05) is 13.2 Å². The molecule has 9 heteroatoms. The molecule has 0 saturated carbocycles. The van der Waals surface area contributed by atoms with Gasteiger partial charge in [-0.25, -0.2) is 0 Å². The van der Waals surface area contributed by atoms with Gasteiger partial charge in [-0.1, -0.05) is 0 Å². The van der Waals surface area contributed by atoms with E-state index in [1.165, 1.54) is 4.68 Å². The number of rotatable bonds is 9. The topological polar surface area (TPSA) is 108 Å². The Morgan fingerprint density at radius 1 is 1.12 bits per heavy atom. The lowest BCUT2D eigenvalue weighted by Crippen LogP contribution is -2.25. The summed E-state index contributed by atoms with van der Waals surface area (Å²) in [5, 5.41) is 14.2. The van der Waals surface area contributed by atoms with E-state index in [-0.39, 0.29) is 25.3 Å². The Morgan fingerprint density at radius 3 is 2.56 bits per heavy atom. The van der Waals surface area contributed by atoms with Crippen molar-refractivity contribution in [3.8, 4) is 11.4 Å². The predicted molar refractivity (Wildman–Crippen MR) is 88.0 cm³/mol. The van der Waals surface area contributed by atoms with Gasteiger partial charge in [0, 0.05) is 6.42 Å².